The van der Waals surface area contributed by atoms with Crippen molar-refractivity contribution in [3.8, 4) is 0 Å². The summed E-state index contributed by atoms with van der Waals surface area (Å²) in [4.78, 5) is 20.2. The van der Waals surface area contributed by atoms with E-state index in [0.717, 1.165) is 43.3 Å². The maximum atomic E-state index is 12.1. The number of halogens is 1. The third-order valence-electron chi connectivity index (χ3n) is 4.73. The Morgan fingerprint density at radius 2 is 1.83 bits per heavy atom. The van der Waals surface area contributed by atoms with Crippen molar-refractivity contribution in [1.29, 1.82) is 0 Å². The standard InChI is InChI=1S/C22H36N4O3.HI/c1-22(2,3)29-21(27)26(6)14-18-9-7-17(8-10-18)13-24-20(23-4)25(5)15-19-11-12-28-16-19;/h7-10,19H,11-16H2,1-6H3,(H,23,24);1H. The van der Waals surface area contributed by atoms with Crippen molar-refractivity contribution in [3.63, 3.8) is 0 Å². The van der Waals surface area contributed by atoms with Crippen LogP contribution in [0.3, 0.4) is 0 Å². The molecule has 1 aromatic carbocycles. The molecule has 30 heavy (non-hydrogen) atoms. The molecule has 7 nitrogen and oxygen atoms in total. The molecule has 0 radical (unpaired) electrons. The van der Waals surface area contributed by atoms with Crippen molar-refractivity contribution in [1.82, 2.24) is 15.1 Å². The summed E-state index contributed by atoms with van der Waals surface area (Å²) in [6.45, 7) is 9.45. The van der Waals surface area contributed by atoms with Gasteiger partial charge in [-0.3, -0.25) is 4.99 Å². The second-order valence-electron chi connectivity index (χ2n) is 8.66. The molecule has 2 rings (SSSR count). The van der Waals surface area contributed by atoms with Crippen molar-refractivity contribution in [3.05, 3.63) is 35.4 Å². The lowest BCUT2D eigenvalue weighted by Crippen LogP contribution is -2.41. The SMILES string of the molecule is CN=C(NCc1ccc(CN(C)C(=O)OC(C)(C)C)cc1)N(C)CC1CCOC1.I. The Morgan fingerprint density at radius 3 is 2.37 bits per heavy atom. The van der Waals surface area contributed by atoms with Crippen LogP contribution in [0.5, 0.6) is 0 Å². The van der Waals surface area contributed by atoms with Crippen LogP contribution in [0.2, 0.25) is 0 Å². The van der Waals surface area contributed by atoms with Crippen LogP contribution in [0.1, 0.15) is 38.3 Å². The first kappa shape index (κ1) is 26.5. The normalized spacial score (nSPS) is 16.6. The molecule has 1 aliphatic rings. The van der Waals surface area contributed by atoms with E-state index in [1.807, 2.05) is 32.9 Å². The molecule has 1 amide bonds. The fourth-order valence-electron chi connectivity index (χ4n) is 3.21. The smallest absolute Gasteiger partial charge is 0.410 e. The van der Waals surface area contributed by atoms with Crippen LogP contribution in [-0.2, 0) is 22.6 Å². The monoisotopic (exact) mass is 532 g/mol. The van der Waals surface area contributed by atoms with Crippen molar-refractivity contribution >= 4 is 36.0 Å². The number of hydrogen-bond donors (Lipinski definition) is 1. The second-order valence-corrected chi connectivity index (χ2v) is 8.66. The van der Waals surface area contributed by atoms with E-state index in [4.69, 9.17) is 9.47 Å². The molecule has 1 aromatic rings. The highest BCUT2D eigenvalue weighted by Gasteiger charge is 2.20. The number of nitrogens with one attached hydrogen (secondary N) is 1. The molecule has 0 aromatic heterocycles. The topological polar surface area (TPSA) is 66.4 Å². The third-order valence-corrected chi connectivity index (χ3v) is 4.73. The zero-order valence-electron chi connectivity index (χ0n) is 19.1. The second kappa shape index (κ2) is 12.3. The van der Waals surface area contributed by atoms with E-state index in [-0.39, 0.29) is 30.1 Å². The van der Waals surface area contributed by atoms with E-state index >= 15 is 0 Å². The van der Waals surface area contributed by atoms with Crippen LogP contribution in [0.15, 0.2) is 29.3 Å². The molecule has 0 bridgehead atoms. The van der Waals surface area contributed by atoms with E-state index in [1.54, 1.807) is 19.0 Å². The van der Waals surface area contributed by atoms with Gasteiger partial charge in [0.2, 0.25) is 0 Å². The summed E-state index contributed by atoms with van der Waals surface area (Å²) >= 11 is 0. The van der Waals surface area contributed by atoms with Gasteiger partial charge in [0.15, 0.2) is 5.96 Å². The summed E-state index contributed by atoms with van der Waals surface area (Å²) < 4.78 is 10.9. The highest BCUT2D eigenvalue weighted by molar-refractivity contribution is 14.0. The van der Waals surface area contributed by atoms with Crippen LogP contribution >= 0.6 is 24.0 Å². The van der Waals surface area contributed by atoms with Crippen LogP contribution < -0.4 is 5.32 Å². The average Bonchev–Trinajstić information content (AvgIpc) is 3.15. The van der Waals surface area contributed by atoms with E-state index in [9.17, 15) is 4.79 Å². The highest BCUT2D eigenvalue weighted by atomic mass is 127. The molecule has 0 spiro atoms. The van der Waals surface area contributed by atoms with Gasteiger partial charge in [-0.05, 0) is 38.3 Å². The molecule has 1 heterocycles. The number of carbonyl (C=O) groups excluding carboxylic acids is 1. The lowest BCUT2D eigenvalue weighted by molar-refractivity contribution is 0.0285. The summed E-state index contributed by atoms with van der Waals surface area (Å²) in [5, 5.41) is 3.41. The summed E-state index contributed by atoms with van der Waals surface area (Å²) in [6, 6.07) is 8.23. The van der Waals surface area contributed by atoms with Gasteiger partial charge >= 0.3 is 6.09 Å². The van der Waals surface area contributed by atoms with E-state index < -0.39 is 5.60 Å². The zero-order chi connectivity index (χ0) is 21.4. The Kier molecular flexibility index (Phi) is 10.9. The van der Waals surface area contributed by atoms with Gasteiger partial charge in [-0.2, -0.15) is 0 Å². The molecule has 1 atom stereocenters. The molecule has 1 N–H and O–H groups in total. The van der Waals surface area contributed by atoms with Crippen molar-refractivity contribution in [2.24, 2.45) is 10.9 Å². The number of rotatable bonds is 6. The molecule has 1 fully saturated rings. The lowest BCUT2D eigenvalue weighted by atomic mass is 10.1. The van der Waals surface area contributed by atoms with Gasteiger partial charge in [-0.25, -0.2) is 4.79 Å². The number of ether oxygens (including phenoxy) is 2. The number of benzene rings is 1. The van der Waals surface area contributed by atoms with Crippen LogP contribution in [0, 0.1) is 5.92 Å². The van der Waals surface area contributed by atoms with Gasteiger partial charge in [0.05, 0.1) is 6.61 Å². The summed E-state index contributed by atoms with van der Waals surface area (Å²) in [7, 11) is 5.61. The van der Waals surface area contributed by atoms with Gasteiger partial charge < -0.3 is 24.6 Å². The predicted molar refractivity (Wildman–Crippen MR) is 131 cm³/mol. The van der Waals surface area contributed by atoms with E-state index in [2.05, 4.69) is 34.4 Å². The minimum atomic E-state index is -0.489. The Balaban J connectivity index is 0.00000450. The van der Waals surface area contributed by atoms with E-state index in [0.29, 0.717) is 19.0 Å². The first-order valence-electron chi connectivity index (χ1n) is 10.2. The first-order chi connectivity index (χ1) is 13.7. The van der Waals surface area contributed by atoms with Gasteiger partial charge in [0.1, 0.15) is 5.60 Å². The molecular formula is C22H37IN4O3. The summed E-state index contributed by atoms with van der Waals surface area (Å²) in [5.74, 6) is 1.45. The number of aliphatic imine (C=N–C) groups is 1. The van der Waals surface area contributed by atoms with Gasteiger partial charge in [-0.15, -0.1) is 24.0 Å². The van der Waals surface area contributed by atoms with Crippen molar-refractivity contribution < 1.29 is 14.3 Å². The quantitative estimate of drug-likeness (QED) is 0.344. The maximum Gasteiger partial charge on any atom is 0.410 e. The number of nitrogens with zero attached hydrogens (tertiary/aromatic N) is 3. The molecule has 1 unspecified atom stereocenters. The van der Waals surface area contributed by atoms with Gasteiger partial charge in [0, 0.05) is 53.3 Å². The number of guanidine groups is 1. The molecule has 0 aliphatic carbocycles. The minimum absolute atomic E-state index is 0. The maximum absolute atomic E-state index is 12.1. The van der Waals surface area contributed by atoms with Gasteiger partial charge in [0.25, 0.3) is 0 Å². The van der Waals surface area contributed by atoms with E-state index in [1.165, 1.54) is 0 Å². The van der Waals surface area contributed by atoms with Gasteiger partial charge in [-0.1, -0.05) is 24.3 Å². The highest BCUT2D eigenvalue weighted by Crippen LogP contribution is 2.14. The fraction of sp³-hybridized carbons (Fsp3) is 0.636. The predicted octanol–water partition coefficient (Wildman–Crippen LogP) is 3.72. The Bertz CT molecular complexity index is 683. The van der Waals surface area contributed by atoms with Crippen molar-refractivity contribution in [2.45, 2.75) is 45.9 Å². The zero-order valence-corrected chi connectivity index (χ0v) is 21.4. The van der Waals surface area contributed by atoms with Crippen LogP contribution in [-0.4, -0.2) is 68.4 Å². The third kappa shape index (κ3) is 9.07. The number of amides is 1. The number of hydrogen-bond acceptors (Lipinski definition) is 4. The number of carbonyl (C=O) groups is 1. The van der Waals surface area contributed by atoms with Crippen molar-refractivity contribution in [2.75, 3.05) is 40.9 Å². The minimum Gasteiger partial charge on any atom is -0.444 e. The Hall–Kier alpha value is -1.55. The first-order valence-corrected chi connectivity index (χ1v) is 10.2. The Labute approximate surface area is 198 Å². The van der Waals surface area contributed by atoms with Crippen LogP contribution in [0.25, 0.3) is 0 Å². The molecule has 8 heteroatoms. The van der Waals surface area contributed by atoms with Crippen LogP contribution in [0.4, 0.5) is 4.79 Å². The summed E-state index contributed by atoms with van der Waals surface area (Å²) in [5.41, 5.74) is 1.73. The Morgan fingerprint density at radius 1 is 1.20 bits per heavy atom. The molecule has 1 saturated heterocycles. The fourth-order valence-corrected chi connectivity index (χ4v) is 3.21. The molecule has 1 aliphatic heterocycles. The molecular weight excluding hydrogens is 495 g/mol. The average molecular weight is 532 g/mol. The largest absolute Gasteiger partial charge is 0.444 e. The summed E-state index contributed by atoms with van der Waals surface area (Å²) in [6.07, 6.45) is 0.795. The molecule has 170 valence electrons. The molecule has 0 saturated carbocycles. The lowest BCUT2D eigenvalue weighted by Gasteiger charge is -2.25.